The Hall–Kier alpha value is -2.64. The van der Waals surface area contributed by atoms with Gasteiger partial charge in [0.05, 0.1) is 6.61 Å². The number of carbonyl (C=O) groups excluding carboxylic acids is 1. The number of nitrogens with zero attached hydrogens (tertiary/aromatic N) is 2. The molecule has 0 bridgehead atoms. The van der Waals surface area contributed by atoms with Crippen LogP contribution in [0.3, 0.4) is 0 Å². The van der Waals surface area contributed by atoms with Gasteiger partial charge in [-0.3, -0.25) is 9.59 Å². The van der Waals surface area contributed by atoms with Crippen LogP contribution in [0.25, 0.3) is 0 Å². The van der Waals surface area contributed by atoms with Crippen LogP contribution in [0.1, 0.15) is 88.8 Å². The molecule has 1 aromatic heterocycles. The van der Waals surface area contributed by atoms with Gasteiger partial charge in [0.2, 0.25) is 5.91 Å². The number of pyridine rings is 1. The molecule has 8 nitrogen and oxygen atoms in total. The number of aryl methyl sites for hydroxylation is 2. The molecule has 0 radical (unpaired) electrons. The van der Waals surface area contributed by atoms with E-state index in [2.05, 4.69) is 11.9 Å². The zero-order valence-electron chi connectivity index (χ0n) is 19.0. The maximum atomic E-state index is 12.7. The van der Waals surface area contributed by atoms with Gasteiger partial charge in [0, 0.05) is 18.5 Å². The highest BCUT2D eigenvalue weighted by molar-refractivity contribution is 6.11. The van der Waals surface area contributed by atoms with Crippen molar-refractivity contribution in [2.75, 3.05) is 11.5 Å². The highest BCUT2D eigenvalue weighted by Gasteiger charge is 2.28. The zero-order chi connectivity index (χ0) is 23.2. The molecule has 1 rings (SSSR count). The van der Waals surface area contributed by atoms with E-state index >= 15 is 0 Å². The minimum atomic E-state index is -1.41. The van der Waals surface area contributed by atoms with Crippen LogP contribution in [0.5, 0.6) is 5.75 Å². The van der Waals surface area contributed by atoms with Crippen molar-refractivity contribution in [1.29, 1.82) is 0 Å². The number of ether oxygens (including phenoxy) is 1. The Balaban J connectivity index is 2.78. The molecule has 0 aliphatic heterocycles. The summed E-state index contributed by atoms with van der Waals surface area (Å²) in [5.74, 6) is -1.32. The van der Waals surface area contributed by atoms with Crippen LogP contribution in [0, 0.1) is 13.8 Å². The maximum Gasteiger partial charge on any atom is 0.420 e. The van der Waals surface area contributed by atoms with Gasteiger partial charge in [-0.05, 0) is 38.3 Å². The molecule has 0 saturated carbocycles. The molecule has 0 saturated heterocycles. The molecule has 2 N–H and O–H groups in total. The summed E-state index contributed by atoms with van der Waals surface area (Å²) >= 11 is 0. The lowest BCUT2D eigenvalue weighted by Crippen LogP contribution is -2.37. The normalized spacial score (nSPS) is 10.7. The summed E-state index contributed by atoms with van der Waals surface area (Å²) in [4.78, 5) is 40.2. The fourth-order valence-corrected chi connectivity index (χ4v) is 3.37. The Morgan fingerprint density at radius 1 is 0.935 bits per heavy atom. The van der Waals surface area contributed by atoms with E-state index in [1.54, 1.807) is 19.9 Å². The first-order valence-corrected chi connectivity index (χ1v) is 11.2. The van der Waals surface area contributed by atoms with Gasteiger partial charge in [0.15, 0.2) is 11.6 Å². The van der Waals surface area contributed by atoms with Crippen molar-refractivity contribution in [3.63, 3.8) is 0 Å². The number of carboxylic acid groups (broad SMARTS) is 2. The van der Waals surface area contributed by atoms with Crippen LogP contribution in [0.4, 0.5) is 10.6 Å². The van der Waals surface area contributed by atoms with Crippen LogP contribution < -0.4 is 9.64 Å². The molecule has 0 fully saturated rings. The Morgan fingerprint density at radius 3 is 2.13 bits per heavy atom. The number of hydrogen-bond acceptors (Lipinski definition) is 5. The second kappa shape index (κ2) is 14.4. The molecule has 0 aliphatic carbocycles. The number of imide groups is 1. The summed E-state index contributed by atoms with van der Waals surface area (Å²) in [5, 5.41) is 18.5. The molecule has 1 aromatic rings. The first-order chi connectivity index (χ1) is 14.8. The summed E-state index contributed by atoms with van der Waals surface area (Å²) in [6, 6.07) is 1.74. The van der Waals surface area contributed by atoms with E-state index < -0.39 is 18.0 Å². The Morgan fingerprint density at radius 2 is 1.55 bits per heavy atom. The van der Waals surface area contributed by atoms with Crippen molar-refractivity contribution in [1.82, 2.24) is 4.98 Å². The lowest BCUT2D eigenvalue weighted by molar-refractivity contribution is -0.137. The summed E-state index contributed by atoms with van der Waals surface area (Å²) in [7, 11) is 0. The van der Waals surface area contributed by atoms with Crippen molar-refractivity contribution >= 4 is 23.8 Å². The number of carboxylic acids is 1. The standard InChI is InChI=1S/C23H36N2O6/c1-4-5-6-7-8-9-10-11-13-19(26)25(23(29)30)22-21(17(2)16-18(3)24-22)31-15-12-14-20(27)28/h16H,4-15H2,1-3H3,(H,27,28)(H,29,30). The summed E-state index contributed by atoms with van der Waals surface area (Å²) in [6.07, 6.45) is 7.45. The zero-order valence-corrected chi connectivity index (χ0v) is 19.0. The maximum absolute atomic E-state index is 12.7. The third-order valence-electron chi connectivity index (χ3n) is 4.95. The van der Waals surface area contributed by atoms with Crippen LogP contribution in [-0.2, 0) is 9.59 Å². The number of carbonyl (C=O) groups is 3. The van der Waals surface area contributed by atoms with Gasteiger partial charge in [-0.2, -0.15) is 4.90 Å². The van der Waals surface area contributed by atoms with Crippen molar-refractivity contribution in [3.05, 3.63) is 17.3 Å². The van der Waals surface area contributed by atoms with Crippen molar-refractivity contribution in [3.8, 4) is 5.75 Å². The largest absolute Gasteiger partial charge is 0.489 e. The van der Waals surface area contributed by atoms with Crippen LogP contribution in [-0.4, -0.2) is 39.8 Å². The second-order valence-corrected chi connectivity index (χ2v) is 7.82. The molecule has 0 atom stereocenters. The second-order valence-electron chi connectivity index (χ2n) is 7.82. The van der Waals surface area contributed by atoms with Crippen molar-refractivity contribution in [2.45, 2.75) is 91.4 Å². The fourth-order valence-electron chi connectivity index (χ4n) is 3.37. The molecule has 0 spiro atoms. The predicted octanol–water partition coefficient (Wildman–Crippen LogP) is 5.48. The van der Waals surface area contributed by atoms with Crippen molar-refractivity contribution < 1.29 is 29.3 Å². The van der Waals surface area contributed by atoms with Crippen LogP contribution in [0.2, 0.25) is 0 Å². The minimum absolute atomic E-state index is 0.0510. The first kappa shape index (κ1) is 26.4. The molecule has 0 aliphatic rings. The highest BCUT2D eigenvalue weighted by Crippen LogP contribution is 2.32. The molecular weight excluding hydrogens is 400 g/mol. The van der Waals surface area contributed by atoms with Crippen LogP contribution in [0.15, 0.2) is 6.07 Å². The Labute approximate surface area is 184 Å². The monoisotopic (exact) mass is 436 g/mol. The molecule has 0 unspecified atom stereocenters. The third-order valence-corrected chi connectivity index (χ3v) is 4.95. The molecular formula is C23H36N2O6. The van der Waals surface area contributed by atoms with Gasteiger partial charge in [-0.25, -0.2) is 9.78 Å². The Bertz CT molecular complexity index is 735. The Kier molecular flexibility index (Phi) is 12.2. The van der Waals surface area contributed by atoms with E-state index in [1.165, 1.54) is 25.7 Å². The summed E-state index contributed by atoms with van der Waals surface area (Å²) < 4.78 is 5.66. The van der Waals surface area contributed by atoms with Gasteiger partial charge in [0.1, 0.15) is 0 Å². The van der Waals surface area contributed by atoms with E-state index in [0.717, 1.165) is 19.3 Å². The number of hydrogen-bond donors (Lipinski definition) is 2. The minimum Gasteiger partial charge on any atom is -0.489 e. The van der Waals surface area contributed by atoms with E-state index in [1.807, 2.05) is 0 Å². The number of anilines is 1. The number of rotatable bonds is 15. The van der Waals surface area contributed by atoms with Gasteiger partial charge in [0.25, 0.3) is 0 Å². The van der Waals surface area contributed by atoms with Gasteiger partial charge in [-0.15, -0.1) is 0 Å². The average Bonchev–Trinajstić information content (AvgIpc) is 2.68. The third kappa shape index (κ3) is 9.81. The molecule has 31 heavy (non-hydrogen) atoms. The van der Waals surface area contributed by atoms with Gasteiger partial charge in [-0.1, -0.05) is 51.9 Å². The quantitative estimate of drug-likeness (QED) is 0.349. The first-order valence-electron chi connectivity index (χ1n) is 11.2. The lowest BCUT2D eigenvalue weighted by atomic mass is 10.1. The summed E-state index contributed by atoms with van der Waals surface area (Å²) in [5.41, 5.74) is 1.21. The average molecular weight is 437 g/mol. The van der Waals surface area contributed by atoms with Crippen LogP contribution >= 0.6 is 0 Å². The molecule has 8 heteroatoms. The highest BCUT2D eigenvalue weighted by atomic mass is 16.5. The van der Waals surface area contributed by atoms with E-state index in [-0.39, 0.29) is 37.4 Å². The summed E-state index contributed by atoms with van der Waals surface area (Å²) in [6.45, 7) is 5.73. The number of aliphatic carboxylic acids is 1. The van der Waals surface area contributed by atoms with E-state index in [0.29, 0.717) is 22.6 Å². The smallest absolute Gasteiger partial charge is 0.420 e. The van der Waals surface area contributed by atoms with E-state index in [4.69, 9.17) is 9.84 Å². The number of unbranched alkanes of at least 4 members (excludes halogenated alkanes) is 7. The fraction of sp³-hybridized carbons (Fsp3) is 0.652. The van der Waals surface area contributed by atoms with Crippen molar-refractivity contribution in [2.24, 2.45) is 0 Å². The van der Waals surface area contributed by atoms with E-state index in [9.17, 15) is 19.5 Å². The lowest BCUT2D eigenvalue weighted by Gasteiger charge is -2.21. The predicted molar refractivity (Wildman–Crippen MR) is 119 cm³/mol. The number of amides is 2. The molecule has 2 amide bonds. The molecule has 174 valence electrons. The van der Waals surface area contributed by atoms with Gasteiger partial charge < -0.3 is 14.9 Å². The molecule has 1 heterocycles. The number of aromatic nitrogens is 1. The topological polar surface area (TPSA) is 117 Å². The SMILES string of the molecule is CCCCCCCCCCC(=O)N(C(=O)O)c1nc(C)cc(C)c1OCCCC(=O)O. The van der Waals surface area contributed by atoms with Gasteiger partial charge >= 0.3 is 12.1 Å². The molecule has 0 aromatic carbocycles.